The van der Waals surface area contributed by atoms with Gasteiger partial charge in [0, 0.05) is 18.8 Å². The fourth-order valence-electron chi connectivity index (χ4n) is 2.73. The molecular formula is C19H14F6N4O4S2. The van der Waals surface area contributed by atoms with Gasteiger partial charge in [-0.05, 0) is 23.8 Å². The largest absolute Gasteiger partial charge is 0.573 e. The number of nitrogens with zero attached hydrogens (tertiary/aromatic N) is 4. The van der Waals surface area contributed by atoms with Gasteiger partial charge in [-0.1, -0.05) is 30.4 Å². The molecule has 1 aromatic carbocycles. The number of aromatic nitrogens is 3. The number of hydrogen-bond donors (Lipinski definition) is 0. The summed E-state index contributed by atoms with van der Waals surface area (Å²) in [5.41, 5.74) is -0.518. The van der Waals surface area contributed by atoms with Gasteiger partial charge < -0.3 is 4.74 Å². The molecule has 2 aromatic heterocycles. The average Bonchev–Trinajstić information content (AvgIpc) is 3.13. The quantitative estimate of drug-likeness (QED) is 0.454. The summed E-state index contributed by atoms with van der Waals surface area (Å²) in [6.45, 7) is 1.28. The Morgan fingerprint density at radius 1 is 1.14 bits per heavy atom. The van der Waals surface area contributed by atoms with Crippen molar-refractivity contribution in [3.63, 3.8) is 0 Å². The van der Waals surface area contributed by atoms with E-state index in [1.54, 1.807) is 0 Å². The van der Waals surface area contributed by atoms with Gasteiger partial charge in [0.1, 0.15) is 11.4 Å². The predicted octanol–water partition coefficient (Wildman–Crippen LogP) is 4.00. The number of ether oxygens (including phenoxy) is 1. The van der Waals surface area contributed by atoms with Gasteiger partial charge in [-0.15, -0.1) is 13.2 Å². The van der Waals surface area contributed by atoms with Gasteiger partial charge in [0.15, 0.2) is 9.84 Å². The van der Waals surface area contributed by atoms with Crippen LogP contribution in [0, 0.1) is 0 Å². The van der Waals surface area contributed by atoms with Crippen molar-refractivity contribution in [3.8, 4) is 16.9 Å². The van der Waals surface area contributed by atoms with Gasteiger partial charge >= 0.3 is 12.5 Å². The molecule has 0 spiro atoms. The number of aryl methyl sites for hydroxylation is 1. The number of rotatable bonds is 5. The minimum absolute atomic E-state index is 0.0453. The van der Waals surface area contributed by atoms with Gasteiger partial charge in [0.2, 0.25) is 9.81 Å². The highest BCUT2D eigenvalue weighted by Gasteiger charge is 2.36. The van der Waals surface area contributed by atoms with Crippen molar-refractivity contribution >= 4 is 27.1 Å². The molecule has 0 aliphatic carbocycles. The van der Waals surface area contributed by atoms with Crippen molar-refractivity contribution in [1.29, 1.82) is 0 Å². The van der Waals surface area contributed by atoms with E-state index in [2.05, 4.69) is 19.8 Å². The maximum atomic E-state index is 12.9. The Hall–Kier alpha value is -3.27. The number of amides is 1. The second kappa shape index (κ2) is 9.41. The molecule has 0 N–H and O–H groups in total. The van der Waals surface area contributed by atoms with Crippen molar-refractivity contribution in [2.75, 3.05) is 5.75 Å². The van der Waals surface area contributed by atoms with Crippen LogP contribution in [0.5, 0.6) is 5.75 Å². The fraction of sp³-hybridized carbons (Fsp3) is 0.263. The second-order valence-corrected chi connectivity index (χ2v) is 9.98. The molecule has 35 heavy (non-hydrogen) atoms. The highest BCUT2D eigenvalue weighted by Crippen LogP contribution is 2.31. The first-order valence-corrected chi connectivity index (χ1v) is 11.9. The minimum atomic E-state index is -4.95. The first-order valence-electron chi connectivity index (χ1n) is 9.40. The standard InChI is InChI=1S/C19H14F6N4O4S2/c1-3-35(31,32)13-8-11(10-5-4-6-12(7-10)33-19(23,24)25)9-26-14(13)15(30)27-17-29(2)28-16(34-17)18(20,21)22/h4-9H,3H2,1-2H3. The molecule has 0 saturated carbocycles. The lowest BCUT2D eigenvalue weighted by atomic mass is 10.1. The first kappa shape index (κ1) is 26.3. The smallest absolute Gasteiger partial charge is 0.406 e. The molecule has 0 saturated heterocycles. The molecule has 0 unspecified atom stereocenters. The highest BCUT2D eigenvalue weighted by atomic mass is 32.2. The lowest BCUT2D eigenvalue weighted by molar-refractivity contribution is -0.274. The van der Waals surface area contributed by atoms with E-state index in [1.165, 1.54) is 19.1 Å². The molecular weight excluding hydrogens is 526 g/mol. The predicted molar refractivity (Wildman–Crippen MR) is 110 cm³/mol. The highest BCUT2D eigenvalue weighted by molar-refractivity contribution is 7.91. The Bertz CT molecular complexity index is 1440. The summed E-state index contributed by atoms with van der Waals surface area (Å²) < 4.78 is 106. The monoisotopic (exact) mass is 540 g/mol. The second-order valence-electron chi connectivity index (χ2n) is 6.78. The van der Waals surface area contributed by atoms with Crippen molar-refractivity contribution in [3.05, 3.63) is 52.0 Å². The van der Waals surface area contributed by atoms with Gasteiger partial charge in [-0.25, -0.2) is 18.1 Å². The Kier molecular flexibility index (Phi) is 7.08. The molecule has 3 aromatic rings. The number of halogens is 6. The van der Waals surface area contributed by atoms with Crippen molar-refractivity contribution in [1.82, 2.24) is 14.8 Å². The fourth-order valence-corrected chi connectivity index (χ4v) is 4.54. The van der Waals surface area contributed by atoms with E-state index in [-0.39, 0.29) is 22.5 Å². The summed E-state index contributed by atoms with van der Waals surface area (Å²) in [4.78, 5) is 19.0. The van der Waals surface area contributed by atoms with Crippen molar-refractivity contribution < 1.29 is 44.3 Å². The lowest BCUT2D eigenvalue weighted by Crippen LogP contribution is -2.18. The van der Waals surface area contributed by atoms with E-state index in [0.717, 1.165) is 31.4 Å². The molecule has 0 radical (unpaired) electrons. The third-order valence-electron chi connectivity index (χ3n) is 4.32. The van der Waals surface area contributed by atoms with E-state index < -0.39 is 60.2 Å². The van der Waals surface area contributed by atoms with E-state index in [4.69, 9.17) is 0 Å². The molecule has 188 valence electrons. The van der Waals surface area contributed by atoms with Crippen LogP contribution in [-0.2, 0) is 23.1 Å². The first-order chi connectivity index (χ1) is 16.1. The van der Waals surface area contributed by atoms with Crippen LogP contribution in [0.3, 0.4) is 0 Å². The molecule has 1 amide bonds. The van der Waals surface area contributed by atoms with Gasteiger partial charge in [0.25, 0.3) is 5.91 Å². The van der Waals surface area contributed by atoms with Crippen LogP contribution in [0.25, 0.3) is 11.1 Å². The van der Waals surface area contributed by atoms with Gasteiger partial charge in [-0.2, -0.15) is 23.3 Å². The minimum Gasteiger partial charge on any atom is -0.406 e. The zero-order valence-electron chi connectivity index (χ0n) is 17.7. The SMILES string of the molecule is CCS(=O)(=O)c1cc(-c2cccc(OC(F)(F)F)c2)cnc1C(=O)N=c1sc(C(F)(F)F)nn1C. The van der Waals surface area contributed by atoms with Crippen molar-refractivity contribution in [2.45, 2.75) is 24.4 Å². The summed E-state index contributed by atoms with van der Waals surface area (Å²) in [5.74, 6) is -2.28. The van der Waals surface area contributed by atoms with E-state index >= 15 is 0 Å². The van der Waals surface area contributed by atoms with Crippen LogP contribution in [0.1, 0.15) is 22.4 Å². The molecule has 2 heterocycles. The van der Waals surface area contributed by atoms with Crippen LogP contribution in [0.4, 0.5) is 26.3 Å². The van der Waals surface area contributed by atoms with Gasteiger partial charge in [0.05, 0.1) is 10.6 Å². The van der Waals surface area contributed by atoms with Crippen LogP contribution >= 0.6 is 11.3 Å². The van der Waals surface area contributed by atoms with Crippen LogP contribution in [-0.4, -0.2) is 41.2 Å². The van der Waals surface area contributed by atoms with Crippen LogP contribution in [0.15, 0.2) is 46.4 Å². The van der Waals surface area contributed by atoms with Crippen LogP contribution in [0.2, 0.25) is 0 Å². The molecule has 0 atom stereocenters. The Morgan fingerprint density at radius 3 is 2.40 bits per heavy atom. The topological polar surface area (TPSA) is 104 Å². The molecule has 0 aliphatic heterocycles. The number of alkyl halides is 6. The van der Waals surface area contributed by atoms with Crippen molar-refractivity contribution in [2.24, 2.45) is 12.0 Å². The molecule has 16 heteroatoms. The maximum Gasteiger partial charge on any atom is 0.573 e. The average molecular weight is 540 g/mol. The molecule has 0 aliphatic rings. The maximum absolute atomic E-state index is 12.9. The molecule has 3 rings (SSSR count). The number of sulfone groups is 1. The molecule has 0 bridgehead atoms. The zero-order valence-corrected chi connectivity index (χ0v) is 19.3. The van der Waals surface area contributed by atoms with E-state index in [9.17, 15) is 39.6 Å². The number of benzene rings is 1. The van der Waals surface area contributed by atoms with Crippen LogP contribution < -0.4 is 9.54 Å². The molecule has 0 fully saturated rings. The lowest BCUT2D eigenvalue weighted by Gasteiger charge is -2.11. The Labute approximate surface area is 197 Å². The van der Waals surface area contributed by atoms with Gasteiger partial charge in [-0.3, -0.25) is 4.79 Å². The third-order valence-corrected chi connectivity index (χ3v) is 7.10. The summed E-state index contributed by atoms with van der Waals surface area (Å²) in [5, 5.41) is 1.97. The van der Waals surface area contributed by atoms with E-state index in [1.807, 2.05) is 0 Å². The Balaban J connectivity index is 2.11. The number of carbonyl (C=O) groups excluding carboxylic acids is 1. The summed E-state index contributed by atoms with van der Waals surface area (Å²) >= 11 is 0.0709. The summed E-state index contributed by atoms with van der Waals surface area (Å²) in [6, 6.07) is 5.66. The summed E-state index contributed by atoms with van der Waals surface area (Å²) in [6.07, 6.45) is -8.71. The number of hydrogen-bond acceptors (Lipinski definition) is 7. The number of pyridine rings is 1. The summed E-state index contributed by atoms with van der Waals surface area (Å²) in [7, 11) is -3.00. The molecule has 8 nitrogen and oxygen atoms in total. The number of carbonyl (C=O) groups is 1. The van der Waals surface area contributed by atoms with E-state index in [0.29, 0.717) is 4.68 Å². The Morgan fingerprint density at radius 2 is 1.83 bits per heavy atom. The normalized spacial score (nSPS) is 13.2. The zero-order chi connectivity index (χ0) is 26.2. The third kappa shape index (κ3) is 6.25.